The van der Waals surface area contributed by atoms with Gasteiger partial charge in [-0.3, -0.25) is 0 Å². The zero-order chi connectivity index (χ0) is 23.8. The molecule has 0 unspecified atom stereocenters. The average Bonchev–Trinajstić information content (AvgIpc) is 2.71. The second kappa shape index (κ2) is 29.2. The maximum absolute atomic E-state index is 10.6. The number of hydrogen-bond donors (Lipinski definition) is 1. The van der Waals surface area contributed by atoms with Crippen molar-refractivity contribution in [3.8, 4) is 0 Å². The monoisotopic (exact) mass is 520 g/mol. The third-order valence-electron chi connectivity index (χ3n) is 2.97. The second-order valence-electron chi connectivity index (χ2n) is 6.30. The molecule has 0 saturated carbocycles. The van der Waals surface area contributed by atoms with Crippen molar-refractivity contribution in [2.75, 3.05) is 26.4 Å². The van der Waals surface area contributed by atoms with E-state index < -0.39 is 6.48 Å². The third kappa shape index (κ3) is 34.0. The van der Waals surface area contributed by atoms with Gasteiger partial charge in [-0.2, -0.15) is 0 Å². The minimum absolute atomic E-state index is 0. The Morgan fingerprint density at radius 1 is 0.806 bits per heavy atom. The van der Waals surface area contributed by atoms with Gasteiger partial charge in [-0.1, -0.05) is 39.8 Å². The van der Waals surface area contributed by atoms with Crippen LogP contribution in [0.2, 0.25) is 0 Å². The molecule has 31 heavy (non-hydrogen) atoms. The van der Waals surface area contributed by atoms with E-state index in [4.69, 9.17) is 14.6 Å². The van der Waals surface area contributed by atoms with Gasteiger partial charge < -0.3 is 37.9 Å². The van der Waals surface area contributed by atoms with Gasteiger partial charge in [0.25, 0.3) is 6.48 Å². The van der Waals surface area contributed by atoms with Crippen molar-refractivity contribution < 1.29 is 59.8 Å². The Morgan fingerprint density at radius 2 is 1.13 bits per heavy atom. The van der Waals surface area contributed by atoms with Gasteiger partial charge in [-0.15, -0.1) is 12.8 Å². The molecule has 0 bridgehead atoms. The van der Waals surface area contributed by atoms with Crippen molar-refractivity contribution in [1.29, 1.82) is 0 Å². The molecule has 8 heteroatoms. The molecule has 0 atom stereocenters. The van der Waals surface area contributed by atoms with E-state index in [-0.39, 0.29) is 38.1 Å². The van der Waals surface area contributed by atoms with Gasteiger partial charge in [-0.05, 0) is 26.7 Å². The van der Waals surface area contributed by atoms with Crippen LogP contribution in [0.1, 0.15) is 66.2 Å². The van der Waals surface area contributed by atoms with Crippen LogP contribution in [-0.4, -0.2) is 49.9 Å². The predicted molar refractivity (Wildman–Crippen MR) is 119 cm³/mol. The number of carbonyl (C=O) groups excluding carboxylic acids is 2. The molecule has 0 aromatic rings. The molecule has 0 rings (SSSR count). The SMILES string of the molecule is C=C(C)C(=O)OCC[CH2-].C=C(C)C(=O)OCC[CH2-].CCCCOC(O)OCCCC.[Zr+2]. The quantitative estimate of drug-likeness (QED) is 0.118. The first-order valence-electron chi connectivity index (χ1n) is 10.3. The molecule has 0 aromatic carbocycles. The van der Waals surface area contributed by atoms with Crippen LogP contribution in [0.3, 0.4) is 0 Å². The Bertz CT molecular complexity index is 413. The van der Waals surface area contributed by atoms with E-state index in [1.807, 2.05) is 0 Å². The molecular weight excluding hydrogens is 479 g/mol. The molecule has 0 aliphatic rings. The molecule has 0 spiro atoms. The standard InChI is InChI=1S/C9H20O3.2C7H11O2.Zr/c1-3-5-7-11-9(10)12-8-6-4-2;2*1-4-5-9-7(8)6(2)3;/h9-10H,3-8H2,1-2H3;2*1-2,4-5H2,3H3;/q;2*-1;+2. The Balaban J connectivity index is -0.000000176. The number of unbranched alkanes of at least 4 members (excludes halogenated alkanes) is 2. The molecule has 1 N–H and O–H groups in total. The van der Waals surface area contributed by atoms with Crippen LogP contribution >= 0.6 is 0 Å². The van der Waals surface area contributed by atoms with Crippen LogP contribution in [0, 0.1) is 13.8 Å². The molecule has 0 radical (unpaired) electrons. The molecular formula is C23H42O7Zr. The summed E-state index contributed by atoms with van der Waals surface area (Å²) in [6, 6.07) is 0. The van der Waals surface area contributed by atoms with Crippen molar-refractivity contribution in [2.24, 2.45) is 0 Å². The molecule has 7 nitrogen and oxygen atoms in total. The second-order valence-corrected chi connectivity index (χ2v) is 6.30. The fourth-order valence-electron chi connectivity index (χ4n) is 1.28. The first kappa shape index (κ1) is 37.5. The van der Waals surface area contributed by atoms with Crippen LogP contribution in [-0.2, 0) is 54.7 Å². The summed E-state index contributed by atoms with van der Waals surface area (Å²) in [6.07, 6.45) is 5.30. The zero-order valence-electron chi connectivity index (χ0n) is 19.9. The van der Waals surface area contributed by atoms with Gasteiger partial charge in [0.05, 0.1) is 26.4 Å². The number of carbonyl (C=O) groups is 2. The van der Waals surface area contributed by atoms with Crippen molar-refractivity contribution in [3.63, 3.8) is 0 Å². The molecule has 0 saturated heterocycles. The summed E-state index contributed by atoms with van der Waals surface area (Å²) >= 11 is 0. The largest absolute Gasteiger partial charge is 2.00 e. The maximum atomic E-state index is 10.6. The molecule has 0 aliphatic heterocycles. The maximum Gasteiger partial charge on any atom is 2.00 e. The van der Waals surface area contributed by atoms with Gasteiger partial charge in [0.15, 0.2) is 0 Å². The van der Waals surface area contributed by atoms with Crippen LogP contribution in [0.25, 0.3) is 0 Å². The number of aliphatic hydroxyl groups is 1. The van der Waals surface area contributed by atoms with E-state index in [1.165, 1.54) is 0 Å². The van der Waals surface area contributed by atoms with E-state index >= 15 is 0 Å². The van der Waals surface area contributed by atoms with Gasteiger partial charge in [0.2, 0.25) is 0 Å². The van der Waals surface area contributed by atoms with E-state index in [2.05, 4.69) is 50.3 Å². The summed E-state index contributed by atoms with van der Waals surface area (Å²) in [5, 5.41) is 9.06. The van der Waals surface area contributed by atoms with Crippen molar-refractivity contribution >= 4 is 11.9 Å². The fourth-order valence-corrected chi connectivity index (χ4v) is 1.28. The Kier molecular flexibility index (Phi) is 35.3. The van der Waals surface area contributed by atoms with Crippen LogP contribution in [0.15, 0.2) is 24.3 Å². The van der Waals surface area contributed by atoms with Gasteiger partial charge >= 0.3 is 38.1 Å². The number of esters is 2. The summed E-state index contributed by atoms with van der Waals surface area (Å²) in [5.74, 6) is -0.669. The Hall–Kier alpha value is -0.817. The smallest absolute Gasteiger partial charge is 0.465 e. The minimum Gasteiger partial charge on any atom is -0.465 e. The number of ether oxygens (including phenoxy) is 4. The Labute approximate surface area is 208 Å². The molecule has 0 aliphatic carbocycles. The number of rotatable bonds is 14. The first-order valence-corrected chi connectivity index (χ1v) is 10.3. The molecule has 0 heterocycles. The van der Waals surface area contributed by atoms with E-state index in [9.17, 15) is 9.59 Å². The molecule has 180 valence electrons. The topological polar surface area (TPSA) is 91.3 Å². The van der Waals surface area contributed by atoms with Crippen LogP contribution < -0.4 is 0 Å². The number of aliphatic hydroxyl groups excluding tert-OH is 1. The van der Waals surface area contributed by atoms with Gasteiger partial charge in [0, 0.05) is 11.1 Å². The minimum atomic E-state index is -1.02. The van der Waals surface area contributed by atoms with Crippen molar-refractivity contribution in [1.82, 2.24) is 0 Å². The van der Waals surface area contributed by atoms with Gasteiger partial charge in [-0.25, -0.2) is 9.59 Å². The first-order chi connectivity index (χ1) is 14.2. The molecule has 0 amide bonds. The molecule has 0 aromatic heterocycles. The summed E-state index contributed by atoms with van der Waals surface area (Å²) in [6.45, 7) is 22.1. The third-order valence-corrected chi connectivity index (χ3v) is 2.97. The van der Waals surface area contributed by atoms with Gasteiger partial charge in [0.1, 0.15) is 0 Å². The van der Waals surface area contributed by atoms with Crippen LogP contribution in [0.5, 0.6) is 0 Å². The van der Waals surface area contributed by atoms with Crippen LogP contribution in [0.4, 0.5) is 0 Å². The predicted octanol–water partition coefficient (Wildman–Crippen LogP) is 4.55. The average molecular weight is 522 g/mol. The van der Waals surface area contributed by atoms with Crippen molar-refractivity contribution in [3.05, 3.63) is 38.2 Å². The zero-order valence-corrected chi connectivity index (χ0v) is 22.3. The van der Waals surface area contributed by atoms with Crippen molar-refractivity contribution in [2.45, 2.75) is 72.7 Å². The van der Waals surface area contributed by atoms with E-state index in [0.717, 1.165) is 25.7 Å². The summed E-state index contributed by atoms with van der Waals surface area (Å²) in [5.41, 5.74) is 0.868. The normalized spacial score (nSPS) is 9.29. The summed E-state index contributed by atoms with van der Waals surface area (Å²) in [4.78, 5) is 21.1. The summed E-state index contributed by atoms with van der Waals surface area (Å²) in [7, 11) is 0. The van der Waals surface area contributed by atoms with E-state index in [0.29, 0.717) is 50.4 Å². The summed E-state index contributed by atoms with van der Waals surface area (Å²) < 4.78 is 19.2. The fraction of sp³-hybridized carbons (Fsp3) is 0.652. The number of hydrogen-bond acceptors (Lipinski definition) is 7. The molecule has 0 fully saturated rings. The van der Waals surface area contributed by atoms with E-state index in [1.54, 1.807) is 13.8 Å². The Morgan fingerprint density at radius 3 is 1.35 bits per heavy atom.